The van der Waals surface area contributed by atoms with E-state index in [1.54, 1.807) is 12.1 Å². The summed E-state index contributed by atoms with van der Waals surface area (Å²) in [5, 5.41) is 0. The smallest absolute Gasteiger partial charge is 0.222 e. The Balaban J connectivity index is 2.20. The summed E-state index contributed by atoms with van der Waals surface area (Å²) in [5.74, 6) is 0.668. The third kappa shape index (κ3) is 3.26. The Bertz CT molecular complexity index is 548. The Morgan fingerprint density at radius 2 is 2.11 bits per heavy atom. The SMILES string of the molecule is CCCc1cc(Oc2ccc(F)cc2Br)ncn1. The van der Waals surface area contributed by atoms with E-state index in [0.29, 0.717) is 16.1 Å². The first-order valence-corrected chi connectivity index (χ1v) is 6.42. The van der Waals surface area contributed by atoms with Crippen molar-refractivity contribution in [2.45, 2.75) is 19.8 Å². The lowest BCUT2D eigenvalue weighted by molar-refractivity contribution is 0.455. The first-order valence-electron chi connectivity index (χ1n) is 5.63. The Labute approximate surface area is 113 Å². The second-order valence-electron chi connectivity index (χ2n) is 3.77. The molecular formula is C13H12BrFN2O. The fraction of sp³-hybridized carbons (Fsp3) is 0.231. The summed E-state index contributed by atoms with van der Waals surface area (Å²) in [4.78, 5) is 8.18. The van der Waals surface area contributed by atoms with Crippen molar-refractivity contribution in [3.63, 3.8) is 0 Å². The Kier molecular flexibility index (Phi) is 4.25. The fourth-order valence-electron chi connectivity index (χ4n) is 1.50. The standard InChI is InChI=1S/C13H12BrFN2O/c1-2-3-10-7-13(17-8-16-10)18-12-5-4-9(15)6-11(12)14/h4-8H,2-3H2,1H3. The Morgan fingerprint density at radius 1 is 1.28 bits per heavy atom. The molecule has 2 rings (SSSR count). The van der Waals surface area contributed by atoms with Gasteiger partial charge >= 0.3 is 0 Å². The van der Waals surface area contributed by atoms with Crippen LogP contribution in [0.25, 0.3) is 0 Å². The minimum atomic E-state index is -0.316. The largest absolute Gasteiger partial charge is 0.438 e. The molecule has 0 amide bonds. The van der Waals surface area contributed by atoms with E-state index in [9.17, 15) is 4.39 Å². The van der Waals surface area contributed by atoms with E-state index in [1.165, 1.54) is 18.5 Å². The van der Waals surface area contributed by atoms with Crippen molar-refractivity contribution in [1.82, 2.24) is 9.97 Å². The number of halogens is 2. The summed E-state index contributed by atoms with van der Waals surface area (Å²) >= 11 is 3.25. The van der Waals surface area contributed by atoms with Gasteiger partial charge in [-0.1, -0.05) is 13.3 Å². The Hall–Kier alpha value is -1.49. The van der Waals surface area contributed by atoms with Crippen LogP contribution in [-0.2, 0) is 6.42 Å². The first kappa shape index (κ1) is 13.0. The highest BCUT2D eigenvalue weighted by Gasteiger charge is 2.06. The highest BCUT2D eigenvalue weighted by molar-refractivity contribution is 9.10. The molecule has 0 saturated carbocycles. The van der Waals surface area contributed by atoms with Crippen LogP contribution < -0.4 is 4.74 Å². The summed E-state index contributed by atoms with van der Waals surface area (Å²) < 4.78 is 19.1. The first-order chi connectivity index (χ1) is 8.69. The number of ether oxygens (including phenoxy) is 1. The highest BCUT2D eigenvalue weighted by atomic mass is 79.9. The third-order valence-electron chi connectivity index (χ3n) is 2.31. The molecule has 94 valence electrons. The second-order valence-corrected chi connectivity index (χ2v) is 4.63. The zero-order valence-electron chi connectivity index (χ0n) is 9.86. The lowest BCUT2D eigenvalue weighted by Crippen LogP contribution is -1.94. The van der Waals surface area contributed by atoms with Gasteiger partial charge in [0.05, 0.1) is 4.47 Å². The lowest BCUT2D eigenvalue weighted by atomic mass is 10.2. The molecular weight excluding hydrogens is 299 g/mol. The van der Waals surface area contributed by atoms with Gasteiger partial charge in [-0.3, -0.25) is 0 Å². The molecule has 0 unspecified atom stereocenters. The van der Waals surface area contributed by atoms with Crippen LogP contribution in [0, 0.1) is 5.82 Å². The molecule has 0 atom stereocenters. The molecule has 18 heavy (non-hydrogen) atoms. The van der Waals surface area contributed by atoms with E-state index in [-0.39, 0.29) is 5.82 Å². The summed E-state index contributed by atoms with van der Waals surface area (Å²) in [5.41, 5.74) is 0.931. The molecule has 0 bridgehead atoms. The van der Waals surface area contributed by atoms with Gasteiger partial charge in [0.25, 0.3) is 0 Å². The maximum atomic E-state index is 12.9. The monoisotopic (exact) mass is 310 g/mol. The average molecular weight is 311 g/mol. The number of aromatic nitrogens is 2. The van der Waals surface area contributed by atoms with Crippen LogP contribution in [0.4, 0.5) is 4.39 Å². The molecule has 5 heteroatoms. The molecule has 3 nitrogen and oxygen atoms in total. The predicted octanol–water partition coefficient (Wildman–Crippen LogP) is 4.12. The molecule has 0 aliphatic heterocycles. The molecule has 1 aromatic heterocycles. The van der Waals surface area contributed by atoms with Crippen molar-refractivity contribution in [3.05, 3.63) is 46.6 Å². The van der Waals surface area contributed by atoms with E-state index >= 15 is 0 Å². The van der Waals surface area contributed by atoms with E-state index < -0.39 is 0 Å². The number of hydrogen-bond donors (Lipinski definition) is 0. The zero-order valence-corrected chi connectivity index (χ0v) is 11.4. The van der Waals surface area contributed by atoms with Crippen LogP contribution in [0.2, 0.25) is 0 Å². The summed E-state index contributed by atoms with van der Waals surface area (Å²) in [6.07, 6.45) is 3.36. The molecule has 0 saturated heterocycles. The van der Waals surface area contributed by atoms with Crippen LogP contribution in [0.3, 0.4) is 0 Å². The lowest BCUT2D eigenvalue weighted by Gasteiger charge is -2.07. The van der Waals surface area contributed by atoms with Crippen molar-refractivity contribution < 1.29 is 9.13 Å². The molecule has 0 N–H and O–H groups in total. The van der Waals surface area contributed by atoms with Crippen molar-refractivity contribution in [2.24, 2.45) is 0 Å². The number of aryl methyl sites for hydroxylation is 1. The number of benzene rings is 1. The van der Waals surface area contributed by atoms with Gasteiger partial charge in [-0.2, -0.15) is 0 Å². The number of hydrogen-bond acceptors (Lipinski definition) is 3. The van der Waals surface area contributed by atoms with E-state index in [1.807, 2.05) is 0 Å². The third-order valence-corrected chi connectivity index (χ3v) is 2.93. The van der Waals surface area contributed by atoms with Gasteiger partial charge in [0, 0.05) is 11.8 Å². The topological polar surface area (TPSA) is 35.0 Å². The molecule has 0 aliphatic carbocycles. The van der Waals surface area contributed by atoms with Crippen molar-refractivity contribution in [3.8, 4) is 11.6 Å². The van der Waals surface area contributed by atoms with Gasteiger partial charge in [-0.05, 0) is 40.5 Å². The minimum Gasteiger partial charge on any atom is -0.438 e. The van der Waals surface area contributed by atoms with Crippen LogP contribution in [0.5, 0.6) is 11.6 Å². The van der Waals surface area contributed by atoms with Gasteiger partial charge in [-0.15, -0.1) is 0 Å². The molecule has 0 radical (unpaired) electrons. The molecule has 2 aromatic rings. The van der Waals surface area contributed by atoms with Gasteiger partial charge in [0.15, 0.2) is 0 Å². The Morgan fingerprint density at radius 3 is 2.83 bits per heavy atom. The van der Waals surface area contributed by atoms with Crippen molar-refractivity contribution in [2.75, 3.05) is 0 Å². The van der Waals surface area contributed by atoms with Gasteiger partial charge < -0.3 is 4.74 Å². The average Bonchev–Trinajstić information content (AvgIpc) is 2.34. The molecule has 0 fully saturated rings. The van der Waals surface area contributed by atoms with Crippen molar-refractivity contribution >= 4 is 15.9 Å². The summed E-state index contributed by atoms with van der Waals surface area (Å²) in [7, 11) is 0. The molecule has 0 spiro atoms. The normalized spacial score (nSPS) is 10.4. The number of rotatable bonds is 4. The van der Waals surface area contributed by atoms with E-state index in [2.05, 4.69) is 32.8 Å². The quantitative estimate of drug-likeness (QED) is 0.852. The maximum absolute atomic E-state index is 12.9. The second kappa shape index (κ2) is 5.91. The van der Waals surface area contributed by atoms with Gasteiger partial charge in [0.2, 0.25) is 5.88 Å². The highest BCUT2D eigenvalue weighted by Crippen LogP contribution is 2.29. The minimum absolute atomic E-state index is 0.316. The van der Waals surface area contributed by atoms with E-state index in [4.69, 9.17) is 4.74 Å². The van der Waals surface area contributed by atoms with Gasteiger partial charge in [-0.25, -0.2) is 14.4 Å². The van der Waals surface area contributed by atoms with Crippen LogP contribution >= 0.6 is 15.9 Å². The zero-order chi connectivity index (χ0) is 13.0. The predicted molar refractivity (Wildman–Crippen MR) is 70.2 cm³/mol. The molecule has 1 heterocycles. The summed E-state index contributed by atoms with van der Waals surface area (Å²) in [6, 6.07) is 6.04. The summed E-state index contributed by atoms with van der Waals surface area (Å²) in [6.45, 7) is 2.08. The number of nitrogens with zero attached hydrogens (tertiary/aromatic N) is 2. The van der Waals surface area contributed by atoms with Crippen LogP contribution in [-0.4, -0.2) is 9.97 Å². The van der Waals surface area contributed by atoms with E-state index in [0.717, 1.165) is 18.5 Å². The van der Waals surface area contributed by atoms with Crippen molar-refractivity contribution in [1.29, 1.82) is 0 Å². The van der Waals surface area contributed by atoms with Gasteiger partial charge in [0.1, 0.15) is 17.9 Å². The maximum Gasteiger partial charge on any atom is 0.222 e. The van der Waals surface area contributed by atoms with Crippen LogP contribution in [0.1, 0.15) is 19.0 Å². The molecule has 0 aliphatic rings. The van der Waals surface area contributed by atoms with Crippen LogP contribution in [0.15, 0.2) is 35.1 Å². The fourth-order valence-corrected chi connectivity index (χ4v) is 1.93. The molecule has 1 aromatic carbocycles.